The summed E-state index contributed by atoms with van der Waals surface area (Å²) in [5, 5.41) is 11.4. The third-order valence-corrected chi connectivity index (χ3v) is 3.24. The van der Waals surface area contributed by atoms with Gasteiger partial charge in [0.2, 0.25) is 0 Å². The molecular formula is C13H10NO4S-. The van der Waals surface area contributed by atoms with Crippen LogP contribution in [0.25, 0.3) is 0 Å². The maximum atomic E-state index is 11.4. The van der Waals surface area contributed by atoms with Crippen LogP contribution in [-0.4, -0.2) is 19.2 Å². The topological polar surface area (TPSA) is 89.8 Å². The number of para-hydroxylation sites is 1. The first kappa shape index (κ1) is 13.3. The first-order valence-electron chi connectivity index (χ1n) is 5.34. The Bertz CT molecular complexity index is 723. The average Bonchev–Trinajstić information content (AvgIpc) is 2.37. The molecule has 0 unspecified atom stereocenters. The first-order valence-corrected chi connectivity index (χ1v) is 6.78. The van der Waals surface area contributed by atoms with Crippen LogP contribution in [0.15, 0.2) is 58.4 Å². The van der Waals surface area contributed by atoms with Crippen LogP contribution in [0, 0.1) is 0 Å². The molecule has 0 aliphatic carbocycles. The van der Waals surface area contributed by atoms with Crippen molar-refractivity contribution in [3.05, 3.63) is 54.1 Å². The van der Waals surface area contributed by atoms with Crippen molar-refractivity contribution >= 4 is 22.0 Å². The molecule has 2 aromatic rings. The highest BCUT2D eigenvalue weighted by molar-refractivity contribution is 7.85. The van der Waals surface area contributed by atoms with Crippen LogP contribution in [-0.2, 0) is 10.1 Å². The van der Waals surface area contributed by atoms with E-state index in [0.717, 1.165) is 0 Å². The largest absolute Gasteiger partial charge is 0.872 e. The summed E-state index contributed by atoms with van der Waals surface area (Å²) in [5.41, 5.74) is 0.734. The van der Waals surface area contributed by atoms with Gasteiger partial charge in [0.15, 0.2) is 0 Å². The summed E-state index contributed by atoms with van der Waals surface area (Å²) in [6.45, 7) is 0. The number of rotatable bonds is 3. The number of hydrogen-bond acceptors (Lipinski definition) is 4. The van der Waals surface area contributed by atoms with Crippen molar-refractivity contribution in [2.75, 3.05) is 0 Å². The predicted octanol–water partition coefficient (Wildman–Crippen LogP) is 1.76. The number of aliphatic imine (C=N–C) groups is 1. The van der Waals surface area contributed by atoms with E-state index in [2.05, 4.69) is 4.99 Å². The molecule has 0 aliphatic rings. The predicted molar refractivity (Wildman–Crippen MR) is 69.4 cm³/mol. The lowest BCUT2D eigenvalue weighted by Gasteiger charge is -2.07. The van der Waals surface area contributed by atoms with Gasteiger partial charge in [-0.1, -0.05) is 30.3 Å². The smallest absolute Gasteiger partial charge is 0.294 e. The number of benzene rings is 2. The van der Waals surface area contributed by atoms with Crippen LogP contribution in [0.1, 0.15) is 5.56 Å². The zero-order chi connectivity index (χ0) is 13.9. The molecule has 0 fully saturated rings. The van der Waals surface area contributed by atoms with E-state index in [1.807, 2.05) is 0 Å². The van der Waals surface area contributed by atoms with Crippen molar-refractivity contribution in [3.63, 3.8) is 0 Å². The van der Waals surface area contributed by atoms with E-state index >= 15 is 0 Å². The molecule has 0 amide bonds. The lowest BCUT2D eigenvalue weighted by molar-refractivity contribution is -0.268. The third-order valence-electron chi connectivity index (χ3n) is 2.39. The molecule has 0 spiro atoms. The van der Waals surface area contributed by atoms with Crippen LogP contribution in [0.5, 0.6) is 5.75 Å². The zero-order valence-electron chi connectivity index (χ0n) is 9.72. The van der Waals surface area contributed by atoms with E-state index in [-0.39, 0.29) is 10.6 Å². The lowest BCUT2D eigenvalue weighted by Crippen LogP contribution is -1.97. The van der Waals surface area contributed by atoms with Gasteiger partial charge in [0.25, 0.3) is 10.1 Å². The van der Waals surface area contributed by atoms with Crippen molar-refractivity contribution in [2.45, 2.75) is 4.90 Å². The van der Waals surface area contributed by atoms with Crippen LogP contribution in [0.4, 0.5) is 5.69 Å². The highest BCUT2D eigenvalue weighted by Gasteiger charge is 2.08. The Balaban J connectivity index is 2.32. The SMILES string of the molecule is O=S(=O)(O)c1cccc(N=Cc2ccccc2[O-])c1. The summed E-state index contributed by atoms with van der Waals surface area (Å²) in [5.74, 6) is -0.169. The molecule has 0 aliphatic heterocycles. The molecule has 19 heavy (non-hydrogen) atoms. The van der Waals surface area contributed by atoms with E-state index in [1.54, 1.807) is 24.3 Å². The van der Waals surface area contributed by atoms with Gasteiger partial charge in [-0.3, -0.25) is 9.55 Å². The Morgan fingerprint density at radius 3 is 2.53 bits per heavy atom. The van der Waals surface area contributed by atoms with Crippen molar-refractivity contribution in [1.29, 1.82) is 0 Å². The van der Waals surface area contributed by atoms with Crippen LogP contribution >= 0.6 is 0 Å². The van der Waals surface area contributed by atoms with E-state index in [9.17, 15) is 13.5 Å². The molecule has 0 aromatic heterocycles. The quantitative estimate of drug-likeness (QED) is 0.683. The third kappa shape index (κ3) is 3.40. The molecule has 5 nitrogen and oxygen atoms in total. The van der Waals surface area contributed by atoms with Crippen LogP contribution in [0.2, 0.25) is 0 Å². The standard InChI is InChI=1S/C13H11NO4S/c15-13-7-2-1-4-10(13)9-14-11-5-3-6-12(8-11)19(16,17)18/h1-9,15H,(H,16,17,18)/p-1. The molecule has 6 heteroatoms. The number of hydrogen-bond donors (Lipinski definition) is 1. The van der Waals surface area contributed by atoms with Crippen molar-refractivity contribution in [3.8, 4) is 5.75 Å². The molecule has 0 heterocycles. The maximum Gasteiger partial charge on any atom is 0.294 e. The van der Waals surface area contributed by atoms with Gasteiger partial charge in [-0.25, -0.2) is 0 Å². The second-order valence-corrected chi connectivity index (χ2v) is 5.19. The highest BCUT2D eigenvalue weighted by Crippen LogP contribution is 2.18. The van der Waals surface area contributed by atoms with Crippen LogP contribution in [0.3, 0.4) is 0 Å². The van der Waals surface area contributed by atoms with Crippen LogP contribution < -0.4 is 5.11 Å². The summed E-state index contributed by atoms with van der Waals surface area (Å²) in [7, 11) is -4.25. The fraction of sp³-hybridized carbons (Fsp3) is 0. The van der Waals surface area contributed by atoms with E-state index < -0.39 is 10.1 Å². The maximum absolute atomic E-state index is 11.4. The van der Waals surface area contributed by atoms with Gasteiger partial charge in [0.1, 0.15) is 0 Å². The molecule has 1 N–H and O–H groups in total. The minimum atomic E-state index is -4.25. The summed E-state index contributed by atoms with van der Waals surface area (Å²) in [6.07, 6.45) is 1.35. The minimum absolute atomic E-state index is 0.169. The van der Waals surface area contributed by atoms with Crippen molar-refractivity contribution < 1.29 is 18.1 Å². The molecule has 0 radical (unpaired) electrons. The van der Waals surface area contributed by atoms with E-state index in [4.69, 9.17) is 4.55 Å². The van der Waals surface area contributed by atoms with Gasteiger partial charge in [0, 0.05) is 6.21 Å². The van der Waals surface area contributed by atoms with Gasteiger partial charge in [-0.15, -0.1) is 5.75 Å². The fourth-order valence-corrected chi connectivity index (χ4v) is 1.98. The molecule has 0 atom stereocenters. The van der Waals surface area contributed by atoms with Gasteiger partial charge >= 0.3 is 0 Å². The highest BCUT2D eigenvalue weighted by atomic mass is 32.2. The normalized spacial score (nSPS) is 11.8. The molecule has 2 rings (SSSR count). The molecule has 0 bridgehead atoms. The molecule has 0 saturated carbocycles. The Hall–Kier alpha value is -2.18. The molecule has 2 aromatic carbocycles. The summed E-state index contributed by atoms with van der Waals surface area (Å²) >= 11 is 0. The average molecular weight is 276 g/mol. The van der Waals surface area contributed by atoms with Gasteiger partial charge in [-0.05, 0) is 23.8 Å². The van der Waals surface area contributed by atoms with Gasteiger partial charge in [-0.2, -0.15) is 8.42 Å². The lowest BCUT2D eigenvalue weighted by atomic mass is 10.2. The second kappa shape index (κ2) is 5.21. The Morgan fingerprint density at radius 1 is 1.11 bits per heavy atom. The summed E-state index contributed by atoms with van der Waals surface area (Å²) in [6, 6.07) is 11.9. The summed E-state index contributed by atoms with van der Waals surface area (Å²) < 4.78 is 30.8. The Morgan fingerprint density at radius 2 is 1.84 bits per heavy atom. The summed E-state index contributed by atoms with van der Waals surface area (Å²) in [4.78, 5) is 3.77. The Labute approximate surface area is 110 Å². The first-order chi connectivity index (χ1) is 8.97. The Kier molecular flexibility index (Phi) is 3.64. The molecular weight excluding hydrogens is 266 g/mol. The second-order valence-electron chi connectivity index (χ2n) is 3.77. The van der Waals surface area contributed by atoms with E-state index in [1.165, 1.54) is 30.5 Å². The van der Waals surface area contributed by atoms with E-state index in [0.29, 0.717) is 11.3 Å². The monoisotopic (exact) mass is 276 g/mol. The molecule has 98 valence electrons. The molecule has 0 saturated heterocycles. The number of nitrogens with zero attached hydrogens (tertiary/aromatic N) is 1. The fourth-order valence-electron chi connectivity index (χ4n) is 1.46. The van der Waals surface area contributed by atoms with Crippen molar-refractivity contribution in [1.82, 2.24) is 0 Å². The zero-order valence-corrected chi connectivity index (χ0v) is 10.5. The van der Waals surface area contributed by atoms with Gasteiger partial charge in [0.05, 0.1) is 10.6 Å². The van der Waals surface area contributed by atoms with Gasteiger partial charge < -0.3 is 5.11 Å². The minimum Gasteiger partial charge on any atom is -0.872 e. The van der Waals surface area contributed by atoms with Crippen molar-refractivity contribution in [2.24, 2.45) is 4.99 Å².